The van der Waals surface area contributed by atoms with Crippen LogP contribution in [0, 0.1) is 6.92 Å². The monoisotopic (exact) mass is 412 g/mol. The molecule has 0 unspecified atom stereocenters. The third kappa shape index (κ3) is 3.39. The second-order valence-corrected chi connectivity index (χ2v) is 8.43. The number of halogens is 1. The van der Waals surface area contributed by atoms with Crippen molar-refractivity contribution in [3.8, 4) is 0 Å². The number of hydrogen-bond acceptors (Lipinski definition) is 4. The summed E-state index contributed by atoms with van der Waals surface area (Å²) >= 11 is 7.85. The van der Waals surface area contributed by atoms with Gasteiger partial charge in [0.2, 0.25) is 0 Å². The number of aryl methyl sites for hydroxylation is 1. The van der Waals surface area contributed by atoms with Crippen LogP contribution in [0.25, 0.3) is 21.1 Å². The minimum atomic E-state index is -0.0628. The van der Waals surface area contributed by atoms with Crippen molar-refractivity contribution in [2.45, 2.75) is 6.92 Å². The molecule has 7 heteroatoms. The molecule has 0 radical (unpaired) electrons. The highest BCUT2D eigenvalue weighted by Crippen LogP contribution is 2.36. The molecule has 28 heavy (non-hydrogen) atoms. The number of carbonyl (C=O) groups is 1. The zero-order valence-corrected chi connectivity index (χ0v) is 17.6. The van der Waals surface area contributed by atoms with Crippen LogP contribution in [0.15, 0.2) is 42.6 Å². The summed E-state index contributed by atoms with van der Waals surface area (Å²) < 4.78 is 0.915. The fourth-order valence-corrected chi connectivity index (χ4v) is 4.53. The molecule has 1 N–H and O–H groups in total. The largest absolute Gasteiger partial charge is 0.360 e. The standard InChI is InChI=1S/C21H21ClN4OS/c1-13-8-9-16(22)19-18(13)24-21(28-19)26(11-10-25(2)3)20(27)15-12-23-17-7-5-4-6-14(15)17/h4-9,12,23H,10-11H2,1-3H3. The summed E-state index contributed by atoms with van der Waals surface area (Å²) in [5.41, 5.74) is 3.50. The van der Waals surface area contributed by atoms with Gasteiger partial charge in [0.15, 0.2) is 5.13 Å². The molecule has 0 atom stereocenters. The lowest BCUT2D eigenvalue weighted by atomic mass is 10.1. The predicted octanol–water partition coefficient (Wildman–Crippen LogP) is 4.95. The molecule has 2 aromatic carbocycles. The minimum Gasteiger partial charge on any atom is -0.360 e. The normalized spacial score (nSPS) is 11.6. The molecule has 0 spiro atoms. The Hall–Kier alpha value is -2.41. The number of aromatic amines is 1. The highest BCUT2D eigenvalue weighted by molar-refractivity contribution is 7.23. The van der Waals surface area contributed by atoms with Gasteiger partial charge >= 0.3 is 0 Å². The van der Waals surface area contributed by atoms with E-state index in [1.807, 2.05) is 57.4 Å². The average Bonchev–Trinajstić information content (AvgIpc) is 3.30. The van der Waals surface area contributed by atoms with Gasteiger partial charge in [0.25, 0.3) is 5.91 Å². The summed E-state index contributed by atoms with van der Waals surface area (Å²) in [4.78, 5) is 25.3. The Kier molecular flexibility index (Phi) is 5.10. The third-order valence-corrected chi connectivity index (χ3v) is 6.29. The van der Waals surface area contributed by atoms with E-state index in [2.05, 4.69) is 9.88 Å². The van der Waals surface area contributed by atoms with Crippen LogP contribution in [0.2, 0.25) is 5.02 Å². The lowest BCUT2D eigenvalue weighted by molar-refractivity contribution is 0.0987. The lowest BCUT2D eigenvalue weighted by Gasteiger charge is -2.21. The summed E-state index contributed by atoms with van der Waals surface area (Å²) in [6, 6.07) is 11.7. The topological polar surface area (TPSA) is 52.2 Å². The zero-order chi connectivity index (χ0) is 19.8. The van der Waals surface area contributed by atoms with Gasteiger partial charge in [-0.3, -0.25) is 9.69 Å². The molecule has 0 fully saturated rings. The van der Waals surface area contributed by atoms with Crippen LogP contribution >= 0.6 is 22.9 Å². The van der Waals surface area contributed by atoms with E-state index in [9.17, 15) is 4.79 Å². The highest BCUT2D eigenvalue weighted by Gasteiger charge is 2.24. The Morgan fingerprint density at radius 2 is 1.96 bits per heavy atom. The van der Waals surface area contributed by atoms with Crippen molar-refractivity contribution in [1.29, 1.82) is 0 Å². The van der Waals surface area contributed by atoms with Crippen LogP contribution in [0.3, 0.4) is 0 Å². The molecule has 0 aliphatic rings. The van der Waals surface area contributed by atoms with Crippen molar-refractivity contribution >= 4 is 55.1 Å². The molecular weight excluding hydrogens is 392 g/mol. The van der Waals surface area contributed by atoms with Gasteiger partial charge in [-0.15, -0.1) is 0 Å². The summed E-state index contributed by atoms with van der Waals surface area (Å²) in [5, 5.41) is 2.25. The van der Waals surface area contributed by atoms with E-state index in [1.54, 1.807) is 11.1 Å². The Labute approximate surface area is 172 Å². The molecule has 0 saturated heterocycles. The van der Waals surface area contributed by atoms with Gasteiger partial charge in [-0.2, -0.15) is 0 Å². The molecule has 0 saturated carbocycles. The van der Waals surface area contributed by atoms with Crippen LogP contribution < -0.4 is 4.90 Å². The quantitative estimate of drug-likeness (QED) is 0.504. The number of anilines is 1. The van der Waals surface area contributed by atoms with Gasteiger partial charge in [0.1, 0.15) is 0 Å². The van der Waals surface area contributed by atoms with Crippen LogP contribution in [-0.4, -0.2) is 48.0 Å². The Balaban J connectivity index is 1.80. The number of rotatable bonds is 5. The summed E-state index contributed by atoms with van der Waals surface area (Å²) in [7, 11) is 3.99. The molecule has 4 aromatic rings. The number of benzene rings is 2. The number of aromatic nitrogens is 2. The Morgan fingerprint density at radius 1 is 1.18 bits per heavy atom. The number of para-hydroxylation sites is 1. The van der Waals surface area contributed by atoms with Crippen molar-refractivity contribution in [2.24, 2.45) is 0 Å². The Morgan fingerprint density at radius 3 is 2.71 bits per heavy atom. The smallest absolute Gasteiger partial charge is 0.262 e. The SMILES string of the molecule is Cc1ccc(Cl)c2sc(N(CCN(C)C)C(=O)c3c[nH]c4ccccc34)nc12. The first-order valence-electron chi connectivity index (χ1n) is 9.04. The van der Waals surface area contributed by atoms with Gasteiger partial charge in [0.05, 0.1) is 20.8 Å². The molecule has 2 aromatic heterocycles. The number of nitrogens with zero attached hydrogens (tertiary/aromatic N) is 3. The predicted molar refractivity (Wildman–Crippen MR) is 118 cm³/mol. The minimum absolute atomic E-state index is 0.0628. The van der Waals surface area contributed by atoms with Gasteiger partial charge in [-0.05, 0) is 38.7 Å². The number of fused-ring (bicyclic) bond motifs is 2. The maximum atomic E-state index is 13.5. The Bertz CT molecular complexity index is 1120. The first-order chi connectivity index (χ1) is 13.5. The molecule has 4 rings (SSSR count). The van der Waals surface area contributed by atoms with Gasteiger partial charge in [-0.1, -0.05) is 47.2 Å². The van der Waals surface area contributed by atoms with Crippen LogP contribution in [0.1, 0.15) is 15.9 Å². The number of hydrogen-bond donors (Lipinski definition) is 1. The summed E-state index contributed by atoms with van der Waals surface area (Å²) in [6.45, 7) is 3.28. The van der Waals surface area contributed by atoms with Gasteiger partial charge in [0, 0.05) is 30.2 Å². The fraction of sp³-hybridized carbons (Fsp3) is 0.238. The highest BCUT2D eigenvalue weighted by atomic mass is 35.5. The summed E-state index contributed by atoms with van der Waals surface area (Å²) in [6.07, 6.45) is 1.78. The van der Waals surface area contributed by atoms with E-state index >= 15 is 0 Å². The van der Waals surface area contributed by atoms with E-state index in [4.69, 9.17) is 16.6 Å². The number of nitrogens with one attached hydrogen (secondary N) is 1. The van der Waals surface area contributed by atoms with Crippen LogP contribution in [-0.2, 0) is 0 Å². The number of likely N-dealkylation sites (N-methyl/N-ethyl adjacent to an activating group) is 1. The fourth-order valence-electron chi connectivity index (χ4n) is 3.18. The molecule has 0 aliphatic carbocycles. The molecule has 0 bridgehead atoms. The van der Waals surface area contributed by atoms with E-state index < -0.39 is 0 Å². The number of carbonyl (C=O) groups excluding carboxylic acids is 1. The molecule has 0 aliphatic heterocycles. The summed E-state index contributed by atoms with van der Waals surface area (Å²) in [5.74, 6) is -0.0628. The lowest BCUT2D eigenvalue weighted by Crippen LogP contribution is -2.36. The van der Waals surface area contributed by atoms with Crippen LogP contribution in [0.5, 0.6) is 0 Å². The molecule has 5 nitrogen and oxygen atoms in total. The van der Waals surface area contributed by atoms with E-state index in [-0.39, 0.29) is 5.91 Å². The average molecular weight is 413 g/mol. The maximum absolute atomic E-state index is 13.5. The van der Waals surface area contributed by atoms with Crippen molar-refractivity contribution in [3.05, 3.63) is 58.7 Å². The molecular formula is C21H21ClN4OS. The number of amides is 1. The first kappa shape index (κ1) is 18.9. The van der Waals surface area contributed by atoms with Crippen LogP contribution in [0.4, 0.5) is 5.13 Å². The second-order valence-electron chi connectivity index (χ2n) is 7.05. The number of H-pyrrole nitrogens is 1. The third-order valence-electron chi connectivity index (χ3n) is 4.75. The zero-order valence-electron chi connectivity index (χ0n) is 16.0. The van der Waals surface area contributed by atoms with Gasteiger partial charge < -0.3 is 9.88 Å². The van der Waals surface area contributed by atoms with Crippen molar-refractivity contribution in [1.82, 2.24) is 14.9 Å². The maximum Gasteiger partial charge on any atom is 0.262 e. The molecule has 1 amide bonds. The first-order valence-corrected chi connectivity index (χ1v) is 10.2. The van der Waals surface area contributed by atoms with E-state index in [1.165, 1.54) is 11.3 Å². The van der Waals surface area contributed by atoms with Crippen molar-refractivity contribution in [3.63, 3.8) is 0 Å². The van der Waals surface area contributed by atoms with Crippen molar-refractivity contribution < 1.29 is 4.79 Å². The van der Waals surface area contributed by atoms with E-state index in [0.29, 0.717) is 22.3 Å². The van der Waals surface area contributed by atoms with Crippen molar-refractivity contribution in [2.75, 3.05) is 32.1 Å². The second kappa shape index (κ2) is 7.54. The molecule has 2 heterocycles. The number of thiazole rings is 1. The van der Waals surface area contributed by atoms with E-state index in [0.717, 1.165) is 33.2 Å². The molecule has 144 valence electrons. The van der Waals surface area contributed by atoms with Gasteiger partial charge in [-0.25, -0.2) is 4.98 Å².